The van der Waals surface area contributed by atoms with Gasteiger partial charge in [-0.25, -0.2) is 4.79 Å². The molecule has 0 unspecified atom stereocenters. The molecular weight excluding hydrogens is 139 g/mol. The highest BCUT2D eigenvalue weighted by molar-refractivity contribution is 5.81. The van der Waals surface area contributed by atoms with Gasteiger partial charge in [0.2, 0.25) is 0 Å². The van der Waals surface area contributed by atoms with Crippen molar-refractivity contribution in [2.75, 3.05) is 6.61 Å². The van der Waals surface area contributed by atoms with Crippen molar-refractivity contribution in [1.82, 2.24) is 0 Å². The highest BCUT2D eigenvalue weighted by Gasteiger charge is 1.99. The van der Waals surface area contributed by atoms with Crippen LogP contribution in [0.25, 0.3) is 0 Å². The largest absolute Gasteiger partial charge is 0.462 e. The van der Waals surface area contributed by atoms with Crippen molar-refractivity contribution in [2.24, 2.45) is 0 Å². The van der Waals surface area contributed by atoms with Gasteiger partial charge >= 0.3 is 12.0 Å². The van der Waals surface area contributed by atoms with Gasteiger partial charge in [-0.3, -0.25) is 4.79 Å². The number of hydrogen-bond acceptors (Lipinski definition) is 3. The van der Waals surface area contributed by atoms with E-state index >= 15 is 0 Å². The Labute approximate surface area is 57.5 Å². The summed E-state index contributed by atoms with van der Waals surface area (Å²) in [6.45, 7) is 2.88. The summed E-state index contributed by atoms with van der Waals surface area (Å²) >= 11 is 0. The van der Waals surface area contributed by atoms with E-state index in [1.165, 1.54) is 0 Å². The van der Waals surface area contributed by atoms with E-state index in [0.717, 1.165) is 6.08 Å². The van der Waals surface area contributed by atoms with Crippen molar-refractivity contribution in [3.63, 3.8) is 0 Å². The Morgan fingerprint density at radius 1 is 1.60 bits per heavy atom. The quantitative estimate of drug-likeness (QED) is 0.331. The molecule has 0 aliphatic rings. The zero-order chi connectivity index (χ0) is 7.98. The molecule has 0 saturated carbocycles. The van der Waals surface area contributed by atoms with E-state index in [0.29, 0.717) is 0 Å². The lowest BCUT2D eigenvalue weighted by Gasteiger charge is -1.95. The highest BCUT2D eigenvalue weighted by atomic mass is 19.1. The molecule has 0 fully saturated rings. The van der Waals surface area contributed by atoms with Gasteiger partial charge in [-0.1, -0.05) is 6.58 Å². The lowest BCUT2D eigenvalue weighted by molar-refractivity contribution is -0.139. The average Bonchev–Trinajstić information content (AvgIpc) is 1.87. The van der Waals surface area contributed by atoms with Gasteiger partial charge in [0, 0.05) is 6.08 Å². The first kappa shape index (κ1) is 8.81. The first-order valence-electron chi connectivity index (χ1n) is 2.64. The Balaban J connectivity index is 3.28. The van der Waals surface area contributed by atoms with E-state index in [-0.39, 0.29) is 13.0 Å². The number of carbonyl (C=O) groups is 2. The van der Waals surface area contributed by atoms with Crippen LogP contribution in [-0.4, -0.2) is 18.6 Å². The molecule has 0 heterocycles. The molecule has 0 aromatic heterocycles. The van der Waals surface area contributed by atoms with Crippen LogP contribution in [0.2, 0.25) is 0 Å². The second-order valence-corrected chi connectivity index (χ2v) is 1.48. The maximum atomic E-state index is 11.4. The second-order valence-electron chi connectivity index (χ2n) is 1.48. The molecule has 0 aliphatic carbocycles. The summed E-state index contributed by atoms with van der Waals surface area (Å²) in [6.07, 6.45) is 0.558. The summed E-state index contributed by atoms with van der Waals surface area (Å²) in [6, 6.07) is -1.49. The van der Waals surface area contributed by atoms with Gasteiger partial charge in [0.15, 0.2) is 0 Å². The summed E-state index contributed by atoms with van der Waals surface area (Å²) in [7, 11) is 0. The third-order valence-electron chi connectivity index (χ3n) is 0.710. The maximum absolute atomic E-state index is 11.4. The van der Waals surface area contributed by atoms with Crippen LogP contribution in [0.1, 0.15) is 6.42 Å². The Hall–Kier alpha value is -1.19. The van der Waals surface area contributed by atoms with Gasteiger partial charge in [-0.05, 0) is 0 Å². The first-order valence-corrected chi connectivity index (χ1v) is 2.64. The SMILES string of the molecule is C=CC(=O)OCCC(=O)F. The van der Waals surface area contributed by atoms with Crippen LogP contribution in [-0.2, 0) is 14.3 Å². The second kappa shape index (κ2) is 4.67. The molecule has 0 radical (unpaired) electrons. The maximum Gasteiger partial charge on any atom is 0.330 e. The fourth-order valence-corrected chi connectivity index (χ4v) is 0.291. The Bertz CT molecular complexity index is 153. The van der Waals surface area contributed by atoms with Crippen molar-refractivity contribution in [3.05, 3.63) is 12.7 Å². The fourth-order valence-electron chi connectivity index (χ4n) is 0.291. The topological polar surface area (TPSA) is 43.4 Å². The third kappa shape index (κ3) is 4.96. The Morgan fingerprint density at radius 3 is 2.60 bits per heavy atom. The van der Waals surface area contributed by atoms with Crippen molar-refractivity contribution in [1.29, 1.82) is 0 Å². The van der Waals surface area contributed by atoms with Gasteiger partial charge in [0.05, 0.1) is 6.42 Å². The van der Waals surface area contributed by atoms with Crippen molar-refractivity contribution in [3.8, 4) is 0 Å². The van der Waals surface area contributed by atoms with Gasteiger partial charge in [-0.15, -0.1) is 0 Å². The van der Waals surface area contributed by atoms with E-state index < -0.39 is 12.0 Å². The monoisotopic (exact) mass is 146 g/mol. The van der Waals surface area contributed by atoms with Crippen LogP contribution in [0.3, 0.4) is 0 Å². The number of halogens is 1. The van der Waals surface area contributed by atoms with E-state index in [4.69, 9.17) is 0 Å². The molecule has 0 saturated heterocycles. The van der Waals surface area contributed by atoms with Crippen molar-refractivity contribution < 1.29 is 18.7 Å². The van der Waals surface area contributed by atoms with Gasteiger partial charge in [0.1, 0.15) is 6.61 Å². The Kier molecular flexibility index (Phi) is 4.11. The number of ether oxygens (including phenoxy) is 1. The van der Waals surface area contributed by atoms with E-state index in [1.54, 1.807) is 0 Å². The average molecular weight is 146 g/mol. The minimum atomic E-state index is -1.49. The molecular formula is C6H7FO3. The van der Waals surface area contributed by atoms with Gasteiger partial charge in [-0.2, -0.15) is 4.39 Å². The number of esters is 1. The minimum Gasteiger partial charge on any atom is -0.462 e. The van der Waals surface area contributed by atoms with Gasteiger partial charge < -0.3 is 4.74 Å². The molecule has 3 nitrogen and oxygen atoms in total. The summed E-state index contributed by atoms with van der Waals surface area (Å²) in [4.78, 5) is 19.8. The zero-order valence-corrected chi connectivity index (χ0v) is 5.30. The van der Waals surface area contributed by atoms with Crippen LogP contribution < -0.4 is 0 Å². The normalized spacial score (nSPS) is 8.50. The number of hydrogen-bond donors (Lipinski definition) is 0. The molecule has 0 amide bonds. The van der Waals surface area contributed by atoms with Crippen LogP contribution >= 0.6 is 0 Å². The standard InChI is InChI=1S/C6H7FO3/c1-2-6(9)10-4-3-5(7)8/h2H,1,3-4H2. The van der Waals surface area contributed by atoms with E-state index in [1.807, 2.05) is 0 Å². The molecule has 0 aliphatic heterocycles. The third-order valence-corrected chi connectivity index (χ3v) is 0.710. The molecule has 0 aromatic rings. The summed E-state index contributed by atoms with van der Waals surface area (Å²) < 4.78 is 15.7. The molecule has 0 atom stereocenters. The predicted octanol–water partition coefficient (Wildman–Crippen LogP) is 0.602. The number of carbonyl (C=O) groups excluding carboxylic acids is 2. The summed E-state index contributed by atoms with van der Waals surface area (Å²) in [5.74, 6) is -0.652. The number of rotatable bonds is 4. The van der Waals surface area contributed by atoms with E-state index in [2.05, 4.69) is 11.3 Å². The van der Waals surface area contributed by atoms with E-state index in [9.17, 15) is 14.0 Å². The van der Waals surface area contributed by atoms with Crippen molar-refractivity contribution in [2.45, 2.75) is 6.42 Å². The molecule has 0 rings (SSSR count). The van der Waals surface area contributed by atoms with Crippen LogP contribution in [0, 0.1) is 0 Å². The fraction of sp³-hybridized carbons (Fsp3) is 0.333. The zero-order valence-electron chi connectivity index (χ0n) is 5.30. The molecule has 0 N–H and O–H groups in total. The molecule has 0 spiro atoms. The Morgan fingerprint density at radius 2 is 2.20 bits per heavy atom. The predicted molar refractivity (Wildman–Crippen MR) is 31.9 cm³/mol. The van der Waals surface area contributed by atoms with Crippen LogP contribution in [0.5, 0.6) is 0 Å². The molecule has 0 aromatic carbocycles. The van der Waals surface area contributed by atoms with Crippen LogP contribution in [0.4, 0.5) is 4.39 Å². The first-order chi connectivity index (χ1) is 4.66. The van der Waals surface area contributed by atoms with Crippen molar-refractivity contribution >= 4 is 12.0 Å². The molecule has 0 bridgehead atoms. The van der Waals surface area contributed by atoms with Gasteiger partial charge in [0.25, 0.3) is 0 Å². The minimum absolute atomic E-state index is 0.222. The highest BCUT2D eigenvalue weighted by Crippen LogP contribution is 1.86. The molecule has 4 heteroatoms. The molecule has 10 heavy (non-hydrogen) atoms. The van der Waals surface area contributed by atoms with Crippen LogP contribution in [0.15, 0.2) is 12.7 Å². The lowest BCUT2D eigenvalue weighted by Crippen LogP contribution is -2.04. The lowest BCUT2D eigenvalue weighted by atomic mass is 10.5. The summed E-state index contributed by atoms with van der Waals surface area (Å²) in [5.41, 5.74) is 0. The molecule has 56 valence electrons. The summed E-state index contributed by atoms with van der Waals surface area (Å²) in [5, 5.41) is 0. The smallest absolute Gasteiger partial charge is 0.330 e.